The van der Waals surface area contributed by atoms with Crippen molar-refractivity contribution < 1.29 is 14.6 Å². The highest BCUT2D eigenvalue weighted by Gasteiger charge is 2.20. The molecule has 0 spiro atoms. The number of aromatic nitrogens is 1. The lowest BCUT2D eigenvalue weighted by Crippen LogP contribution is -2.28. The Morgan fingerprint density at radius 2 is 2.23 bits per heavy atom. The number of ether oxygens (including phenoxy) is 1. The van der Waals surface area contributed by atoms with Gasteiger partial charge in [-0.25, -0.2) is 4.79 Å². The van der Waals surface area contributed by atoms with E-state index in [1.54, 1.807) is 18.3 Å². The molecule has 0 saturated carbocycles. The lowest BCUT2D eigenvalue weighted by Gasteiger charge is -2.19. The van der Waals surface area contributed by atoms with Gasteiger partial charge in [0.05, 0.1) is 0 Å². The van der Waals surface area contributed by atoms with Crippen LogP contribution in [0.1, 0.15) is 21.5 Å². The number of carboxylic acids is 1. The largest absolute Gasteiger partial charge is 0.491 e. The molecule has 5 heteroatoms. The normalized spacial score (nSPS) is 14.7. The number of para-hydroxylation sites is 1. The topological polar surface area (TPSA) is 62.7 Å². The first-order valence-electron chi connectivity index (χ1n) is 7.33. The molecule has 5 nitrogen and oxygen atoms in total. The molecule has 0 atom stereocenters. The third-order valence-electron chi connectivity index (χ3n) is 3.81. The van der Waals surface area contributed by atoms with Gasteiger partial charge in [-0.2, -0.15) is 0 Å². The minimum absolute atomic E-state index is 0.242. The number of benzene rings is 1. The van der Waals surface area contributed by atoms with E-state index in [-0.39, 0.29) is 5.56 Å². The molecule has 1 aliphatic rings. The van der Waals surface area contributed by atoms with Crippen LogP contribution in [0.15, 0.2) is 42.7 Å². The molecule has 2 heterocycles. The van der Waals surface area contributed by atoms with E-state index in [9.17, 15) is 9.90 Å². The second kappa shape index (κ2) is 6.58. The Bertz CT molecular complexity index is 658. The van der Waals surface area contributed by atoms with Crippen molar-refractivity contribution in [2.45, 2.75) is 13.0 Å². The highest BCUT2D eigenvalue weighted by atomic mass is 16.5. The number of carboxylic acid groups (broad SMARTS) is 1. The molecular weight excluding hydrogens is 280 g/mol. The van der Waals surface area contributed by atoms with Crippen molar-refractivity contribution in [1.29, 1.82) is 0 Å². The standard InChI is InChI=1S/C17H18N2O3/c20-17(21)15-5-1-4-14-12-19(9-10-22-16(14)15)8-6-13-3-2-7-18-11-13/h1-5,7,11H,6,8-10,12H2,(H,20,21). The molecule has 2 aromatic rings. The van der Waals surface area contributed by atoms with Gasteiger partial charge in [-0.15, -0.1) is 0 Å². The quantitative estimate of drug-likeness (QED) is 0.937. The van der Waals surface area contributed by atoms with E-state index in [1.807, 2.05) is 18.3 Å². The van der Waals surface area contributed by atoms with Crippen molar-refractivity contribution in [3.8, 4) is 5.75 Å². The molecule has 0 radical (unpaired) electrons. The Balaban J connectivity index is 1.72. The number of hydrogen-bond donors (Lipinski definition) is 1. The minimum Gasteiger partial charge on any atom is -0.491 e. The number of fused-ring (bicyclic) bond motifs is 1. The van der Waals surface area contributed by atoms with Crippen LogP contribution in [0.5, 0.6) is 5.75 Å². The highest BCUT2D eigenvalue weighted by Crippen LogP contribution is 2.27. The maximum absolute atomic E-state index is 11.3. The summed E-state index contributed by atoms with van der Waals surface area (Å²) in [6.45, 7) is 2.89. The molecule has 0 fully saturated rings. The summed E-state index contributed by atoms with van der Waals surface area (Å²) in [6.07, 6.45) is 4.57. The first kappa shape index (κ1) is 14.5. The molecule has 0 aliphatic carbocycles. The lowest BCUT2D eigenvalue weighted by molar-refractivity contribution is 0.0692. The Labute approximate surface area is 129 Å². The van der Waals surface area contributed by atoms with Crippen molar-refractivity contribution in [3.63, 3.8) is 0 Å². The van der Waals surface area contributed by atoms with Crippen LogP contribution >= 0.6 is 0 Å². The Hall–Kier alpha value is -2.40. The average Bonchev–Trinajstić information content (AvgIpc) is 2.75. The molecule has 1 N–H and O–H groups in total. The molecule has 114 valence electrons. The zero-order valence-electron chi connectivity index (χ0n) is 12.2. The molecule has 3 rings (SSSR count). The van der Waals surface area contributed by atoms with Crippen molar-refractivity contribution in [3.05, 3.63) is 59.4 Å². The first-order chi connectivity index (χ1) is 10.7. The van der Waals surface area contributed by atoms with Crippen LogP contribution in [0.25, 0.3) is 0 Å². The summed E-state index contributed by atoms with van der Waals surface area (Å²) in [6, 6.07) is 9.31. The number of carbonyl (C=O) groups is 1. The summed E-state index contributed by atoms with van der Waals surface area (Å²) in [5, 5.41) is 9.25. The van der Waals surface area contributed by atoms with Crippen LogP contribution in [0.3, 0.4) is 0 Å². The number of pyridine rings is 1. The van der Waals surface area contributed by atoms with E-state index in [0.29, 0.717) is 18.9 Å². The van der Waals surface area contributed by atoms with Crippen molar-refractivity contribution in [1.82, 2.24) is 9.88 Å². The van der Waals surface area contributed by atoms with Gasteiger partial charge >= 0.3 is 5.97 Å². The average molecular weight is 298 g/mol. The van der Waals surface area contributed by atoms with Crippen molar-refractivity contribution >= 4 is 5.97 Å². The Morgan fingerprint density at radius 1 is 1.32 bits per heavy atom. The second-order valence-corrected chi connectivity index (χ2v) is 5.33. The smallest absolute Gasteiger partial charge is 0.339 e. The summed E-state index contributed by atoms with van der Waals surface area (Å²) in [7, 11) is 0. The summed E-state index contributed by atoms with van der Waals surface area (Å²) in [4.78, 5) is 17.7. The zero-order chi connectivity index (χ0) is 15.4. The van der Waals surface area contributed by atoms with E-state index in [0.717, 1.165) is 25.1 Å². The van der Waals surface area contributed by atoms with Crippen LogP contribution in [0.2, 0.25) is 0 Å². The summed E-state index contributed by atoms with van der Waals surface area (Å²) < 4.78 is 5.69. The van der Waals surface area contributed by atoms with E-state index < -0.39 is 5.97 Å². The molecule has 1 aliphatic heterocycles. The molecule has 1 aromatic heterocycles. The van der Waals surface area contributed by atoms with E-state index in [2.05, 4.69) is 16.0 Å². The van der Waals surface area contributed by atoms with Gasteiger partial charge in [0.25, 0.3) is 0 Å². The molecular formula is C17H18N2O3. The van der Waals surface area contributed by atoms with Gasteiger partial charge in [0.15, 0.2) is 0 Å². The van der Waals surface area contributed by atoms with Crippen molar-refractivity contribution in [2.24, 2.45) is 0 Å². The second-order valence-electron chi connectivity index (χ2n) is 5.33. The summed E-state index contributed by atoms with van der Waals surface area (Å²) in [5.41, 5.74) is 2.38. The van der Waals surface area contributed by atoms with Crippen molar-refractivity contribution in [2.75, 3.05) is 19.7 Å². The van der Waals surface area contributed by atoms with Gasteiger partial charge in [0.2, 0.25) is 0 Å². The van der Waals surface area contributed by atoms with Gasteiger partial charge in [0.1, 0.15) is 17.9 Å². The van der Waals surface area contributed by atoms with Crippen LogP contribution < -0.4 is 4.74 Å². The number of nitrogens with zero attached hydrogens (tertiary/aromatic N) is 2. The van der Waals surface area contributed by atoms with E-state index >= 15 is 0 Å². The van der Waals surface area contributed by atoms with Gasteiger partial charge in [-0.3, -0.25) is 9.88 Å². The number of aromatic carboxylic acids is 1. The third-order valence-corrected chi connectivity index (χ3v) is 3.81. The zero-order valence-corrected chi connectivity index (χ0v) is 12.2. The SMILES string of the molecule is O=C(O)c1cccc2c1OCCN(CCc1cccnc1)C2. The number of hydrogen-bond acceptors (Lipinski definition) is 4. The maximum Gasteiger partial charge on any atom is 0.339 e. The Kier molecular flexibility index (Phi) is 4.34. The summed E-state index contributed by atoms with van der Waals surface area (Å²) >= 11 is 0. The van der Waals surface area contributed by atoms with Crippen LogP contribution in [0, 0.1) is 0 Å². The fraction of sp³-hybridized carbons (Fsp3) is 0.294. The number of rotatable bonds is 4. The van der Waals surface area contributed by atoms with Gasteiger partial charge < -0.3 is 9.84 Å². The highest BCUT2D eigenvalue weighted by molar-refractivity contribution is 5.91. The molecule has 0 bridgehead atoms. The van der Waals surface area contributed by atoms with Gasteiger partial charge in [0, 0.05) is 37.6 Å². The monoisotopic (exact) mass is 298 g/mol. The molecule has 22 heavy (non-hydrogen) atoms. The molecule has 0 saturated heterocycles. The summed E-state index contributed by atoms with van der Waals surface area (Å²) in [5.74, 6) is -0.431. The predicted octanol–water partition coefficient (Wildman–Crippen LogP) is 2.22. The van der Waals surface area contributed by atoms with Crippen LogP contribution in [-0.2, 0) is 13.0 Å². The molecule has 0 unspecified atom stereocenters. The fourth-order valence-electron chi connectivity index (χ4n) is 2.67. The van der Waals surface area contributed by atoms with E-state index in [4.69, 9.17) is 4.74 Å². The van der Waals surface area contributed by atoms with E-state index in [1.165, 1.54) is 5.56 Å². The lowest BCUT2D eigenvalue weighted by atomic mass is 10.1. The molecule has 0 amide bonds. The van der Waals surface area contributed by atoms with Crippen LogP contribution in [0.4, 0.5) is 0 Å². The Morgan fingerprint density at radius 3 is 3.00 bits per heavy atom. The fourth-order valence-corrected chi connectivity index (χ4v) is 2.67. The maximum atomic E-state index is 11.3. The van der Waals surface area contributed by atoms with Gasteiger partial charge in [-0.05, 0) is 24.1 Å². The third kappa shape index (κ3) is 3.26. The predicted molar refractivity (Wildman–Crippen MR) is 82.1 cm³/mol. The van der Waals surface area contributed by atoms with Crippen LogP contribution in [-0.4, -0.2) is 40.7 Å². The first-order valence-corrected chi connectivity index (χ1v) is 7.33. The molecule has 1 aromatic carbocycles. The van der Waals surface area contributed by atoms with Gasteiger partial charge in [-0.1, -0.05) is 18.2 Å². The minimum atomic E-state index is -0.944.